The average molecular weight is 253 g/mol. The number of carbonyl (C=O) groups is 1. The molecule has 3 saturated heterocycles. The van der Waals surface area contributed by atoms with Gasteiger partial charge < -0.3 is 15.4 Å². The van der Waals surface area contributed by atoms with E-state index in [2.05, 4.69) is 15.5 Å². The van der Waals surface area contributed by atoms with Gasteiger partial charge in [0.2, 0.25) is 5.91 Å². The molecule has 3 atom stereocenters. The quantitative estimate of drug-likeness (QED) is 0.726. The molecule has 1 amide bonds. The fourth-order valence-electron chi connectivity index (χ4n) is 3.26. The zero-order valence-electron chi connectivity index (χ0n) is 10.9. The van der Waals surface area contributed by atoms with Crippen molar-refractivity contribution >= 4 is 5.91 Å². The van der Waals surface area contributed by atoms with E-state index in [1.807, 2.05) is 0 Å². The smallest absolute Gasteiger partial charge is 0.237 e. The summed E-state index contributed by atoms with van der Waals surface area (Å²) >= 11 is 0. The van der Waals surface area contributed by atoms with E-state index in [1.165, 1.54) is 19.4 Å². The second kappa shape index (κ2) is 5.55. The normalized spacial score (nSPS) is 36.6. The molecule has 18 heavy (non-hydrogen) atoms. The highest BCUT2D eigenvalue weighted by Crippen LogP contribution is 2.22. The SMILES string of the molecule is O=C(NCC1CN2CCCC2CO1)[C@H]1CCCN1. The molecule has 3 aliphatic heterocycles. The van der Waals surface area contributed by atoms with Crippen molar-refractivity contribution < 1.29 is 9.53 Å². The molecule has 0 aromatic carbocycles. The van der Waals surface area contributed by atoms with Gasteiger partial charge in [0.1, 0.15) is 0 Å². The Hall–Kier alpha value is -0.650. The Morgan fingerprint density at radius 2 is 2.33 bits per heavy atom. The number of rotatable bonds is 3. The van der Waals surface area contributed by atoms with Gasteiger partial charge in [-0.3, -0.25) is 9.69 Å². The highest BCUT2D eigenvalue weighted by molar-refractivity contribution is 5.82. The van der Waals surface area contributed by atoms with Crippen molar-refractivity contribution in [3.63, 3.8) is 0 Å². The number of ether oxygens (including phenoxy) is 1. The summed E-state index contributed by atoms with van der Waals surface area (Å²) in [5, 5.41) is 6.24. The van der Waals surface area contributed by atoms with Crippen LogP contribution in [0.2, 0.25) is 0 Å². The summed E-state index contributed by atoms with van der Waals surface area (Å²) in [6.45, 7) is 4.63. The van der Waals surface area contributed by atoms with Crippen molar-refractivity contribution in [2.45, 2.75) is 43.9 Å². The number of amides is 1. The Labute approximate surface area is 108 Å². The lowest BCUT2D eigenvalue weighted by Gasteiger charge is -2.35. The van der Waals surface area contributed by atoms with Crippen LogP contribution in [-0.2, 0) is 9.53 Å². The molecule has 3 rings (SSSR count). The number of hydrogen-bond donors (Lipinski definition) is 2. The molecule has 0 aromatic heterocycles. The van der Waals surface area contributed by atoms with Crippen LogP contribution in [0.4, 0.5) is 0 Å². The Balaban J connectivity index is 1.41. The Morgan fingerprint density at radius 3 is 3.17 bits per heavy atom. The first-order valence-electron chi connectivity index (χ1n) is 7.19. The van der Waals surface area contributed by atoms with Gasteiger partial charge in [-0.2, -0.15) is 0 Å². The minimum atomic E-state index is 0.0214. The van der Waals surface area contributed by atoms with Crippen LogP contribution in [-0.4, -0.2) is 61.8 Å². The molecule has 3 fully saturated rings. The van der Waals surface area contributed by atoms with Crippen LogP contribution < -0.4 is 10.6 Å². The first kappa shape index (κ1) is 12.4. The maximum Gasteiger partial charge on any atom is 0.237 e. The van der Waals surface area contributed by atoms with Crippen molar-refractivity contribution in [3.8, 4) is 0 Å². The minimum Gasteiger partial charge on any atom is -0.373 e. The third-order valence-corrected chi connectivity index (χ3v) is 4.34. The van der Waals surface area contributed by atoms with E-state index in [-0.39, 0.29) is 18.1 Å². The molecule has 0 aromatic rings. The average Bonchev–Trinajstić information content (AvgIpc) is 3.05. The van der Waals surface area contributed by atoms with E-state index < -0.39 is 0 Å². The zero-order valence-corrected chi connectivity index (χ0v) is 10.9. The van der Waals surface area contributed by atoms with E-state index in [0.29, 0.717) is 12.6 Å². The number of nitrogens with zero attached hydrogens (tertiary/aromatic N) is 1. The Morgan fingerprint density at radius 1 is 1.39 bits per heavy atom. The van der Waals surface area contributed by atoms with Crippen LogP contribution in [0.3, 0.4) is 0 Å². The maximum absolute atomic E-state index is 11.9. The molecule has 3 aliphatic rings. The Bertz CT molecular complexity index is 305. The van der Waals surface area contributed by atoms with Crippen molar-refractivity contribution in [1.29, 1.82) is 0 Å². The molecule has 102 valence electrons. The second-order valence-electron chi connectivity index (χ2n) is 5.64. The topological polar surface area (TPSA) is 53.6 Å². The summed E-state index contributed by atoms with van der Waals surface area (Å²) in [5.41, 5.74) is 0. The van der Waals surface area contributed by atoms with Crippen LogP contribution in [0.25, 0.3) is 0 Å². The maximum atomic E-state index is 11.9. The third-order valence-electron chi connectivity index (χ3n) is 4.34. The summed E-state index contributed by atoms with van der Waals surface area (Å²) in [4.78, 5) is 14.4. The van der Waals surface area contributed by atoms with E-state index in [1.54, 1.807) is 0 Å². The molecule has 3 heterocycles. The summed E-state index contributed by atoms with van der Waals surface area (Å²) in [6.07, 6.45) is 4.80. The predicted molar refractivity (Wildman–Crippen MR) is 68.4 cm³/mol. The minimum absolute atomic E-state index is 0.0214. The number of morpholine rings is 1. The molecule has 0 radical (unpaired) electrons. The van der Waals surface area contributed by atoms with Crippen molar-refractivity contribution in [3.05, 3.63) is 0 Å². The van der Waals surface area contributed by atoms with E-state index in [0.717, 1.165) is 32.5 Å². The van der Waals surface area contributed by atoms with Gasteiger partial charge in [0.25, 0.3) is 0 Å². The van der Waals surface area contributed by atoms with Gasteiger partial charge in [-0.15, -0.1) is 0 Å². The van der Waals surface area contributed by atoms with Gasteiger partial charge in [-0.05, 0) is 38.8 Å². The molecule has 2 unspecified atom stereocenters. The monoisotopic (exact) mass is 253 g/mol. The summed E-state index contributed by atoms with van der Waals surface area (Å²) in [6, 6.07) is 0.654. The van der Waals surface area contributed by atoms with Crippen LogP contribution in [0.1, 0.15) is 25.7 Å². The Kier molecular flexibility index (Phi) is 3.82. The summed E-state index contributed by atoms with van der Waals surface area (Å²) in [5.74, 6) is 0.139. The van der Waals surface area contributed by atoms with Gasteiger partial charge >= 0.3 is 0 Å². The van der Waals surface area contributed by atoms with E-state index >= 15 is 0 Å². The first-order valence-corrected chi connectivity index (χ1v) is 7.19. The van der Waals surface area contributed by atoms with Crippen LogP contribution in [0.5, 0.6) is 0 Å². The largest absolute Gasteiger partial charge is 0.373 e. The van der Waals surface area contributed by atoms with Crippen LogP contribution >= 0.6 is 0 Å². The number of hydrogen-bond acceptors (Lipinski definition) is 4. The van der Waals surface area contributed by atoms with Gasteiger partial charge in [-0.1, -0.05) is 0 Å². The molecular formula is C13H23N3O2. The fourth-order valence-corrected chi connectivity index (χ4v) is 3.26. The molecule has 0 aliphatic carbocycles. The van der Waals surface area contributed by atoms with Gasteiger partial charge in [0.05, 0.1) is 18.8 Å². The second-order valence-corrected chi connectivity index (χ2v) is 5.64. The van der Waals surface area contributed by atoms with Gasteiger partial charge in [0, 0.05) is 19.1 Å². The molecule has 0 saturated carbocycles. The van der Waals surface area contributed by atoms with E-state index in [9.17, 15) is 4.79 Å². The molecule has 5 nitrogen and oxygen atoms in total. The molecule has 0 bridgehead atoms. The van der Waals surface area contributed by atoms with Crippen molar-refractivity contribution in [2.75, 3.05) is 32.8 Å². The molecule has 2 N–H and O–H groups in total. The lowest BCUT2D eigenvalue weighted by atomic mass is 10.2. The number of carbonyl (C=O) groups excluding carboxylic acids is 1. The molecule has 0 spiro atoms. The fraction of sp³-hybridized carbons (Fsp3) is 0.923. The van der Waals surface area contributed by atoms with Crippen molar-refractivity contribution in [1.82, 2.24) is 15.5 Å². The van der Waals surface area contributed by atoms with Gasteiger partial charge in [-0.25, -0.2) is 0 Å². The predicted octanol–water partition coefficient (Wildman–Crippen LogP) is -0.282. The molecule has 5 heteroatoms. The van der Waals surface area contributed by atoms with Crippen molar-refractivity contribution in [2.24, 2.45) is 0 Å². The number of nitrogens with one attached hydrogen (secondary N) is 2. The van der Waals surface area contributed by atoms with Crippen LogP contribution in [0.15, 0.2) is 0 Å². The molecular weight excluding hydrogens is 230 g/mol. The van der Waals surface area contributed by atoms with E-state index in [4.69, 9.17) is 4.74 Å². The lowest BCUT2D eigenvalue weighted by molar-refractivity contribution is -0.124. The van der Waals surface area contributed by atoms with Gasteiger partial charge in [0.15, 0.2) is 0 Å². The lowest BCUT2D eigenvalue weighted by Crippen LogP contribution is -2.51. The first-order chi connectivity index (χ1) is 8.83. The third kappa shape index (κ3) is 2.68. The zero-order chi connectivity index (χ0) is 12.4. The number of fused-ring (bicyclic) bond motifs is 1. The van der Waals surface area contributed by atoms with Crippen LogP contribution in [0, 0.1) is 0 Å². The highest BCUT2D eigenvalue weighted by Gasteiger charge is 2.32. The summed E-state index contributed by atoms with van der Waals surface area (Å²) in [7, 11) is 0. The standard InChI is InChI=1S/C13H23N3O2/c17-13(12-4-1-5-14-12)15-7-11-8-16-6-2-3-10(16)9-18-11/h10-12,14H,1-9H2,(H,15,17)/t10?,11?,12-/m1/s1. The highest BCUT2D eigenvalue weighted by atomic mass is 16.5. The summed E-state index contributed by atoms with van der Waals surface area (Å²) < 4.78 is 5.83.